The molecule has 3 N–H and O–H groups in total. The Kier molecular flexibility index (Phi) is 4.73. The van der Waals surface area contributed by atoms with Crippen LogP contribution in [0, 0.1) is 0 Å². The number of hydrogen-bond acceptors (Lipinski definition) is 3. The van der Waals surface area contributed by atoms with Gasteiger partial charge in [0.15, 0.2) is 5.11 Å². The molecule has 0 atom stereocenters. The average Bonchev–Trinajstić information content (AvgIpc) is 2.48. The summed E-state index contributed by atoms with van der Waals surface area (Å²) in [5.41, 5.74) is 1.48. The van der Waals surface area contributed by atoms with E-state index < -0.39 is 5.97 Å². The summed E-state index contributed by atoms with van der Waals surface area (Å²) in [6, 6.07) is 13.9. The summed E-state index contributed by atoms with van der Waals surface area (Å²) >= 11 is 5.21. The predicted octanol–water partition coefficient (Wildman–Crippen LogP) is 3.20. The maximum absolute atomic E-state index is 11.0. The molecule has 0 heterocycles. The van der Waals surface area contributed by atoms with Crippen molar-refractivity contribution in [1.82, 2.24) is 0 Å². The van der Waals surface area contributed by atoms with Gasteiger partial charge in [-0.05, 0) is 42.5 Å². The Hall–Kier alpha value is -2.60. The highest BCUT2D eigenvalue weighted by molar-refractivity contribution is 7.80. The van der Waals surface area contributed by atoms with E-state index >= 15 is 0 Å². The fourth-order valence-electron chi connectivity index (χ4n) is 1.74. The van der Waals surface area contributed by atoms with Gasteiger partial charge in [0.1, 0.15) is 5.75 Å². The second kappa shape index (κ2) is 6.71. The van der Waals surface area contributed by atoms with E-state index in [1.54, 1.807) is 6.07 Å². The number of methoxy groups -OCH3 is 1. The standard InChI is InChI=1S/C15H14N2O3S/c1-20-13-8-7-10(14(18)19)9-12(13)17-15(21)16-11-5-3-2-4-6-11/h2-9H,1H3,(H,18,19)(H2,16,17,21). The molecule has 0 bridgehead atoms. The zero-order chi connectivity index (χ0) is 15.2. The zero-order valence-electron chi connectivity index (χ0n) is 11.3. The predicted molar refractivity (Wildman–Crippen MR) is 86.2 cm³/mol. The molecule has 5 nitrogen and oxygen atoms in total. The number of ether oxygens (including phenoxy) is 1. The molecule has 6 heteroatoms. The molecule has 0 aliphatic heterocycles. The molecule has 0 aliphatic carbocycles. The van der Waals surface area contributed by atoms with Crippen LogP contribution in [0.1, 0.15) is 10.4 Å². The first-order valence-corrected chi connectivity index (χ1v) is 6.55. The van der Waals surface area contributed by atoms with E-state index in [1.807, 2.05) is 30.3 Å². The van der Waals surface area contributed by atoms with Gasteiger partial charge in [-0.1, -0.05) is 18.2 Å². The Bertz CT molecular complexity index is 659. The van der Waals surface area contributed by atoms with Crippen LogP contribution < -0.4 is 15.4 Å². The summed E-state index contributed by atoms with van der Waals surface area (Å²) in [5.74, 6) is -0.500. The molecule has 0 saturated carbocycles. The van der Waals surface area contributed by atoms with E-state index in [2.05, 4.69) is 10.6 Å². The molecule has 2 aromatic rings. The molecule has 0 aromatic heterocycles. The fraction of sp³-hybridized carbons (Fsp3) is 0.0667. The highest BCUT2D eigenvalue weighted by atomic mass is 32.1. The van der Waals surface area contributed by atoms with E-state index in [9.17, 15) is 4.79 Å². The molecule has 0 spiro atoms. The van der Waals surface area contributed by atoms with E-state index in [1.165, 1.54) is 19.2 Å². The maximum Gasteiger partial charge on any atom is 0.335 e. The van der Waals surface area contributed by atoms with Crippen LogP contribution in [0.3, 0.4) is 0 Å². The smallest absolute Gasteiger partial charge is 0.335 e. The van der Waals surface area contributed by atoms with Gasteiger partial charge in [-0.15, -0.1) is 0 Å². The van der Waals surface area contributed by atoms with Crippen molar-refractivity contribution in [3.63, 3.8) is 0 Å². The van der Waals surface area contributed by atoms with Gasteiger partial charge >= 0.3 is 5.97 Å². The van der Waals surface area contributed by atoms with Crippen molar-refractivity contribution >= 4 is 34.7 Å². The minimum absolute atomic E-state index is 0.154. The molecule has 0 unspecified atom stereocenters. The van der Waals surface area contributed by atoms with Gasteiger partial charge < -0.3 is 20.5 Å². The molecule has 0 saturated heterocycles. The third-order valence-corrected chi connectivity index (χ3v) is 2.93. The summed E-state index contributed by atoms with van der Waals surface area (Å²) in [6.45, 7) is 0. The average molecular weight is 302 g/mol. The number of nitrogens with one attached hydrogen (secondary N) is 2. The summed E-state index contributed by atoms with van der Waals surface area (Å²) < 4.78 is 5.19. The van der Waals surface area contributed by atoms with Crippen molar-refractivity contribution in [2.45, 2.75) is 0 Å². The quantitative estimate of drug-likeness (QED) is 0.753. The number of para-hydroxylation sites is 1. The molecular weight excluding hydrogens is 288 g/mol. The van der Waals surface area contributed by atoms with Gasteiger partial charge in [0.05, 0.1) is 18.4 Å². The van der Waals surface area contributed by atoms with Crippen LogP contribution in [-0.2, 0) is 0 Å². The molecule has 2 rings (SSSR count). The number of aromatic carboxylic acids is 1. The van der Waals surface area contributed by atoms with Gasteiger partial charge in [0.2, 0.25) is 0 Å². The molecule has 0 fully saturated rings. The lowest BCUT2D eigenvalue weighted by Gasteiger charge is -2.14. The van der Waals surface area contributed by atoms with E-state index in [-0.39, 0.29) is 5.56 Å². The van der Waals surface area contributed by atoms with Crippen molar-refractivity contribution < 1.29 is 14.6 Å². The molecule has 21 heavy (non-hydrogen) atoms. The van der Waals surface area contributed by atoms with Crippen molar-refractivity contribution in [2.24, 2.45) is 0 Å². The van der Waals surface area contributed by atoms with Crippen LogP contribution >= 0.6 is 12.2 Å². The highest BCUT2D eigenvalue weighted by Crippen LogP contribution is 2.25. The van der Waals surface area contributed by atoms with Crippen molar-refractivity contribution in [3.05, 3.63) is 54.1 Å². The number of benzene rings is 2. The van der Waals surface area contributed by atoms with Gasteiger partial charge in [-0.25, -0.2) is 4.79 Å². The maximum atomic E-state index is 11.0. The van der Waals surface area contributed by atoms with Crippen LogP contribution in [0.5, 0.6) is 5.75 Å². The summed E-state index contributed by atoms with van der Waals surface area (Å²) in [7, 11) is 1.51. The number of anilines is 2. The topological polar surface area (TPSA) is 70.6 Å². The van der Waals surface area contributed by atoms with Crippen LogP contribution in [-0.4, -0.2) is 23.3 Å². The minimum atomic E-state index is -1.01. The van der Waals surface area contributed by atoms with Crippen LogP contribution in [0.4, 0.5) is 11.4 Å². The van der Waals surface area contributed by atoms with Crippen molar-refractivity contribution in [3.8, 4) is 5.75 Å². The normalized spacial score (nSPS) is 9.76. The lowest BCUT2D eigenvalue weighted by atomic mass is 10.2. The summed E-state index contributed by atoms with van der Waals surface area (Å²) in [6.07, 6.45) is 0. The molecule has 0 amide bonds. The Morgan fingerprint density at radius 1 is 1.14 bits per heavy atom. The van der Waals surface area contributed by atoms with Crippen LogP contribution in [0.2, 0.25) is 0 Å². The first-order chi connectivity index (χ1) is 10.1. The molecule has 0 aliphatic rings. The third kappa shape index (κ3) is 3.93. The number of rotatable bonds is 4. The minimum Gasteiger partial charge on any atom is -0.495 e. The highest BCUT2D eigenvalue weighted by Gasteiger charge is 2.10. The molecular formula is C15H14N2O3S. The lowest BCUT2D eigenvalue weighted by molar-refractivity contribution is 0.0697. The van der Waals surface area contributed by atoms with Crippen molar-refractivity contribution in [1.29, 1.82) is 0 Å². The monoisotopic (exact) mass is 302 g/mol. The van der Waals surface area contributed by atoms with E-state index in [0.717, 1.165) is 5.69 Å². The fourth-order valence-corrected chi connectivity index (χ4v) is 1.97. The van der Waals surface area contributed by atoms with Gasteiger partial charge in [0, 0.05) is 5.69 Å². The molecule has 108 valence electrons. The van der Waals surface area contributed by atoms with E-state index in [0.29, 0.717) is 16.5 Å². The van der Waals surface area contributed by atoms with Gasteiger partial charge in [-0.2, -0.15) is 0 Å². The first-order valence-electron chi connectivity index (χ1n) is 6.14. The summed E-state index contributed by atoms with van der Waals surface area (Å²) in [5, 5.41) is 15.3. The third-order valence-electron chi connectivity index (χ3n) is 2.73. The number of hydrogen-bond donors (Lipinski definition) is 3. The number of carboxylic acid groups (broad SMARTS) is 1. The zero-order valence-corrected chi connectivity index (χ0v) is 12.1. The van der Waals surface area contributed by atoms with Crippen LogP contribution in [0.25, 0.3) is 0 Å². The van der Waals surface area contributed by atoms with Crippen LogP contribution in [0.15, 0.2) is 48.5 Å². The van der Waals surface area contributed by atoms with Crippen molar-refractivity contribution in [2.75, 3.05) is 17.7 Å². The largest absolute Gasteiger partial charge is 0.495 e. The number of carbonyl (C=O) groups is 1. The lowest BCUT2D eigenvalue weighted by Crippen LogP contribution is -2.19. The Labute approximate surface area is 127 Å². The van der Waals surface area contributed by atoms with Gasteiger partial charge in [-0.3, -0.25) is 0 Å². The Balaban J connectivity index is 2.16. The van der Waals surface area contributed by atoms with Gasteiger partial charge in [0.25, 0.3) is 0 Å². The first kappa shape index (κ1) is 14.8. The molecule has 0 radical (unpaired) electrons. The SMILES string of the molecule is COc1ccc(C(=O)O)cc1NC(=S)Nc1ccccc1. The molecule has 2 aromatic carbocycles. The number of thiocarbonyl (C=S) groups is 1. The summed E-state index contributed by atoms with van der Waals surface area (Å²) in [4.78, 5) is 11.0. The number of carboxylic acids is 1. The van der Waals surface area contributed by atoms with E-state index in [4.69, 9.17) is 22.1 Å². The Morgan fingerprint density at radius 3 is 2.48 bits per heavy atom. The second-order valence-corrected chi connectivity index (χ2v) is 4.57. The Morgan fingerprint density at radius 2 is 1.86 bits per heavy atom. The second-order valence-electron chi connectivity index (χ2n) is 4.17.